The number of nitrogens with zero attached hydrogens (tertiary/aromatic N) is 7. The predicted octanol–water partition coefficient (Wildman–Crippen LogP) is 5.20. The molecule has 2 atom stereocenters. The summed E-state index contributed by atoms with van der Waals surface area (Å²) < 4.78 is 6.67. The molecule has 2 aromatic carbocycles. The van der Waals surface area contributed by atoms with Gasteiger partial charge in [0.05, 0.1) is 23.8 Å². The molecule has 3 aliphatic heterocycles. The molecule has 7 heterocycles. The van der Waals surface area contributed by atoms with Crippen molar-refractivity contribution in [2.45, 2.75) is 18.5 Å². The van der Waals surface area contributed by atoms with E-state index in [0.717, 1.165) is 93.4 Å². The number of aromatic nitrogens is 6. The molecule has 208 valence electrons. The zero-order chi connectivity index (χ0) is 27.8. The summed E-state index contributed by atoms with van der Waals surface area (Å²) in [5.74, 6) is 1.69. The summed E-state index contributed by atoms with van der Waals surface area (Å²) in [6.45, 7) is 4.22. The number of anilines is 2. The van der Waals surface area contributed by atoms with Crippen LogP contribution in [0.3, 0.4) is 0 Å². The minimum atomic E-state index is 0.653. The summed E-state index contributed by atoms with van der Waals surface area (Å²) >= 11 is 0. The van der Waals surface area contributed by atoms with Crippen molar-refractivity contribution < 1.29 is 4.74 Å². The number of ether oxygens (including phenoxy) is 1. The Morgan fingerprint density at radius 3 is 1.88 bits per heavy atom. The van der Waals surface area contributed by atoms with E-state index in [0.29, 0.717) is 12.1 Å². The number of likely N-dealkylation sites (tertiary alicyclic amines) is 2. The average molecular weight is 556 g/mol. The molecular weight excluding hydrogens is 526 g/mol. The standard InChI is InChI=1S/C32H29N9O/c1-39-17-26-12-25(39)18-40(26)6-7-41-27-4-2-19(21-8-23-15-35-37-31(23)33-13-21)10-29(27)42-30-11-20(3-5-28(30)41)22-9-24-16-36-38-32(24)34-14-22/h2-5,8-11,13-16,25-26H,6-7,12,17-18H2,1H3,(H,33,35,37)(H,34,36,38)/t25-,26-/m1/s1. The Balaban J connectivity index is 1.09. The first-order valence-electron chi connectivity index (χ1n) is 14.4. The number of H-pyrrole nitrogens is 2. The van der Waals surface area contributed by atoms with Crippen LogP contribution in [0.15, 0.2) is 73.3 Å². The quantitative estimate of drug-likeness (QED) is 0.300. The molecule has 3 aliphatic rings. The van der Waals surface area contributed by atoms with Gasteiger partial charge in [-0.1, -0.05) is 12.1 Å². The fraction of sp³-hybridized carbons (Fsp3) is 0.250. The number of piperazine rings is 1. The van der Waals surface area contributed by atoms with Gasteiger partial charge in [-0.3, -0.25) is 15.1 Å². The molecule has 0 unspecified atom stereocenters. The van der Waals surface area contributed by atoms with E-state index in [4.69, 9.17) is 4.74 Å². The van der Waals surface area contributed by atoms with Gasteiger partial charge in [0.1, 0.15) is 0 Å². The molecular formula is C32H29N9O. The number of hydrogen-bond acceptors (Lipinski definition) is 8. The predicted molar refractivity (Wildman–Crippen MR) is 162 cm³/mol. The number of hydrogen-bond donors (Lipinski definition) is 2. The van der Waals surface area contributed by atoms with Crippen LogP contribution in [0.2, 0.25) is 0 Å². The Morgan fingerprint density at radius 1 is 0.714 bits per heavy atom. The lowest BCUT2D eigenvalue weighted by molar-refractivity contribution is 0.153. The van der Waals surface area contributed by atoms with Crippen LogP contribution in [-0.2, 0) is 0 Å². The second kappa shape index (κ2) is 9.10. The number of pyridine rings is 2. The van der Waals surface area contributed by atoms with Crippen molar-refractivity contribution >= 4 is 33.4 Å². The average Bonchev–Trinajstić information content (AvgIpc) is 3.82. The van der Waals surface area contributed by atoms with Crippen molar-refractivity contribution in [2.24, 2.45) is 0 Å². The SMILES string of the molecule is CN1C[C@H]2C[C@@H]1CN2CCN1c2ccc(-c3cnc4[nH]ncc4c3)cc2Oc2cc(-c3cnc4[nH]ncc4c3)ccc21. The summed E-state index contributed by atoms with van der Waals surface area (Å²) in [4.78, 5) is 16.7. The molecule has 0 saturated carbocycles. The van der Waals surface area contributed by atoms with Crippen molar-refractivity contribution in [3.05, 3.63) is 73.3 Å². The van der Waals surface area contributed by atoms with Crippen LogP contribution in [0.1, 0.15) is 6.42 Å². The summed E-state index contributed by atoms with van der Waals surface area (Å²) in [7, 11) is 2.26. The summed E-state index contributed by atoms with van der Waals surface area (Å²) in [5.41, 5.74) is 7.89. The molecule has 0 aliphatic carbocycles. The molecule has 0 amide bonds. The van der Waals surface area contributed by atoms with Gasteiger partial charge in [-0.2, -0.15) is 10.2 Å². The number of rotatable bonds is 5. The van der Waals surface area contributed by atoms with Crippen molar-refractivity contribution in [3.8, 4) is 33.8 Å². The van der Waals surface area contributed by atoms with E-state index < -0.39 is 0 Å². The van der Waals surface area contributed by atoms with Gasteiger partial charge in [0.15, 0.2) is 22.8 Å². The smallest absolute Gasteiger partial charge is 0.155 e. The number of benzene rings is 2. The van der Waals surface area contributed by atoms with E-state index in [1.165, 1.54) is 6.42 Å². The van der Waals surface area contributed by atoms with E-state index in [2.05, 4.69) is 101 Å². The Labute approximate surface area is 241 Å². The van der Waals surface area contributed by atoms with Gasteiger partial charge in [0, 0.05) is 72.6 Å². The third kappa shape index (κ3) is 3.79. The molecule has 0 spiro atoms. The maximum absolute atomic E-state index is 6.67. The Bertz CT molecular complexity index is 1850. The topological polar surface area (TPSA) is 102 Å². The minimum Gasteiger partial charge on any atom is -0.453 e. The second-order valence-electron chi connectivity index (χ2n) is 11.7. The highest BCUT2D eigenvalue weighted by Crippen LogP contribution is 2.49. The van der Waals surface area contributed by atoms with E-state index >= 15 is 0 Å². The molecule has 2 fully saturated rings. The first kappa shape index (κ1) is 23.9. The lowest BCUT2D eigenvalue weighted by Gasteiger charge is -2.37. The minimum absolute atomic E-state index is 0.653. The Morgan fingerprint density at radius 2 is 1.33 bits per heavy atom. The van der Waals surface area contributed by atoms with Crippen LogP contribution in [-0.4, -0.2) is 85.5 Å². The zero-order valence-electron chi connectivity index (χ0n) is 23.2. The lowest BCUT2D eigenvalue weighted by atomic mass is 10.0. The van der Waals surface area contributed by atoms with E-state index in [9.17, 15) is 0 Å². The van der Waals surface area contributed by atoms with Crippen molar-refractivity contribution in [2.75, 3.05) is 38.1 Å². The number of fused-ring (bicyclic) bond motifs is 6. The third-order valence-electron chi connectivity index (χ3n) is 9.21. The van der Waals surface area contributed by atoms with Gasteiger partial charge in [-0.05, 0) is 61.0 Å². The van der Waals surface area contributed by atoms with E-state index in [-0.39, 0.29) is 0 Å². The van der Waals surface area contributed by atoms with Gasteiger partial charge in [0.25, 0.3) is 0 Å². The molecule has 10 heteroatoms. The highest BCUT2D eigenvalue weighted by Gasteiger charge is 2.41. The first-order valence-corrected chi connectivity index (χ1v) is 14.4. The largest absolute Gasteiger partial charge is 0.453 e. The molecule has 10 nitrogen and oxygen atoms in total. The Hall–Kier alpha value is -4.80. The van der Waals surface area contributed by atoms with E-state index in [1.807, 2.05) is 12.4 Å². The van der Waals surface area contributed by atoms with Crippen molar-refractivity contribution in [1.82, 2.24) is 40.2 Å². The number of likely N-dealkylation sites (N-methyl/N-ethyl adjacent to an activating group) is 1. The van der Waals surface area contributed by atoms with Crippen molar-refractivity contribution in [3.63, 3.8) is 0 Å². The molecule has 2 bridgehead atoms. The first-order chi connectivity index (χ1) is 20.7. The highest BCUT2D eigenvalue weighted by molar-refractivity contribution is 5.86. The molecule has 2 N–H and O–H groups in total. The third-order valence-corrected chi connectivity index (χ3v) is 9.21. The maximum atomic E-state index is 6.67. The molecule has 42 heavy (non-hydrogen) atoms. The summed E-state index contributed by atoms with van der Waals surface area (Å²) in [6, 6.07) is 18.5. The van der Waals surface area contributed by atoms with Crippen LogP contribution in [0.4, 0.5) is 11.4 Å². The molecule has 2 saturated heterocycles. The van der Waals surface area contributed by atoms with Crippen molar-refractivity contribution in [1.29, 1.82) is 0 Å². The monoisotopic (exact) mass is 555 g/mol. The highest BCUT2D eigenvalue weighted by atomic mass is 16.5. The number of aromatic amines is 2. The summed E-state index contributed by atoms with van der Waals surface area (Å²) in [5, 5.41) is 16.1. The Kier molecular flexibility index (Phi) is 5.17. The molecule has 9 rings (SSSR count). The lowest BCUT2D eigenvalue weighted by Crippen LogP contribution is -2.46. The fourth-order valence-corrected chi connectivity index (χ4v) is 6.93. The van der Waals surface area contributed by atoms with Crippen LogP contribution in [0.25, 0.3) is 44.3 Å². The zero-order valence-corrected chi connectivity index (χ0v) is 23.2. The van der Waals surface area contributed by atoms with Crippen LogP contribution in [0, 0.1) is 0 Å². The van der Waals surface area contributed by atoms with E-state index in [1.54, 1.807) is 12.4 Å². The van der Waals surface area contributed by atoms with Crippen LogP contribution >= 0.6 is 0 Å². The number of nitrogens with one attached hydrogen (secondary N) is 2. The molecule has 0 radical (unpaired) electrons. The van der Waals surface area contributed by atoms with Gasteiger partial charge >= 0.3 is 0 Å². The van der Waals surface area contributed by atoms with Gasteiger partial charge in [-0.15, -0.1) is 0 Å². The molecule has 6 aromatic rings. The second-order valence-corrected chi connectivity index (χ2v) is 11.7. The van der Waals surface area contributed by atoms with Gasteiger partial charge in [0.2, 0.25) is 0 Å². The fourth-order valence-electron chi connectivity index (χ4n) is 6.93. The van der Waals surface area contributed by atoms with Crippen LogP contribution < -0.4 is 9.64 Å². The van der Waals surface area contributed by atoms with Gasteiger partial charge < -0.3 is 14.5 Å². The maximum Gasteiger partial charge on any atom is 0.155 e. The molecule has 4 aromatic heterocycles. The van der Waals surface area contributed by atoms with Gasteiger partial charge in [-0.25, -0.2) is 9.97 Å². The summed E-state index contributed by atoms with van der Waals surface area (Å²) in [6.07, 6.45) is 8.65. The van der Waals surface area contributed by atoms with Crippen LogP contribution in [0.5, 0.6) is 11.5 Å². The normalized spacial score (nSPS) is 19.9.